The summed E-state index contributed by atoms with van der Waals surface area (Å²) in [5, 5.41) is 9.55. The molecular weight excluding hydrogens is 331 g/mol. The first-order valence-electron chi connectivity index (χ1n) is 6.32. The van der Waals surface area contributed by atoms with Crippen LogP contribution in [0, 0.1) is 0 Å². The van der Waals surface area contributed by atoms with Gasteiger partial charge in [0, 0.05) is 5.56 Å². The third kappa shape index (κ3) is 3.42. The molecule has 3 rings (SSSR count). The molecule has 1 heterocycles. The molecule has 0 radical (unpaired) electrons. The molecule has 1 aromatic heterocycles. The number of alkyl halides is 3. The van der Waals surface area contributed by atoms with Crippen LogP contribution < -0.4 is 4.74 Å². The van der Waals surface area contributed by atoms with Gasteiger partial charge in [-0.05, 0) is 42.5 Å². The van der Waals surface area contributed by atoms with Gasteiger partial charge >= 0.3 is 12.3 Å². The van der Waals surface area contributed by atoms with Crippen molar-refractivity contribution in [3.63, 3.8) is 0 Å². The summed E-state index contributed by atoms with van der Waals surface area (Å²) in [6.07, 6.45) is -4.73. The van der Waals surface area contributed by atoms with E-state index in [0.29, 0.717) is 20.8 Å². The van der Waals surface area contributed by atoms with E-state index in [4.69, 9.17) is 5.11 Å². The number of halogens is 3. The van der Waals surface area contributed by atoms with Crippen molar-refractivity contribution in [1.29, 1.82) is 0 Å². The van der Waals surface area contributed by atoms with Crippen LogP contribution in [0.1, 0.15) is 10.4 Å². The van der Waals surface area contributed by atoms with E-state index in [1.807, 2.05) is 0 Å². The first-order chi connectivity index (χ1) is 10.8. The summed E-state index contributed by atoms with van der Waals surface area (Å²) < 4.78 is 40.9. The Kier molecular flexibility index (Phi) is 3.69. The number of carboxylic acids is 1. The fourth-order valence-electron chi connectivity index (χ4n) is 1.98. The topological polar surface area (TPSA) is 59.4 Å². The average molecular weight is 339 g/mol. The summed E-state index contributed by atoms with van der Waals surface area (Å²) in [4.78, 5) is 15.3. The number of benzene rings is 2. The van der Waals surface area contributed by atoms with Crippen molar-refractivity contribution in [2.24, 2.45) is 0 Å². The highest BCUT2D eigenvalue weighted by Gasteiger charge is 2.31. The summed E-state index contributed by atoms with van der Waals surface area (Å²) in [6, 6.07) is 9.91. The molecule has 118 valence electrons. The van der Waals surface area contributed by atoms with Crippen LogP contribution in [0.3, 0.4) is 0 Å². The zero-order valence-corrected chi connectivity index (χ0v) is 12.1. The molecule has 0 atom stereocenters. The fraction of sp³-hybridized carbons (Fsp3) is 0.0667. The molecule has 0 aliphatic rings. The van der Waals surface area contributed by atoms with Crippen molar-refractivity contribution in [2.45, 2.75) is 6.36 Å². The molecule has 0 spiro atoms. The molecule has 3 aromatic rings. The number of hydrogen-bond donors (Lipinski definition) is 1. The number of carboxylic acid groups (broad SMARTS) is 1. The van der Waals surface area contributed by atoms with Crippen LogP contribution in [0.4, 0.5) is 13.2 Å². The van der Waals surface area contributed by atoms with Gasteiger partial charge in [-0.2, -0.15) is 0 Å². The number of fused-ring (bicyclic) bond motifs is 1. The summed E-state index contributed by atoms with van der Waals surface area (Å²) in [5.41, 5.74) is 1.41. The molecule has 0 fully saturated rings. The van der Waals surface area contributed by atoms with E-state index in [0.717, 1.165) is 0 Å². The van der Waals surface area contributed by atoms with Crippen LogP contribution in [0.25, 0.3) is 20.8 Å². The molecule has 0 amide bonds. The van der Waals surface area contributed by atoms with E-state index < -0.39 is 12.3 Å². The lowest BCUT2D eigenvalue weighted by Gasteiger charge is -2.08. The maximum Gasteiger partial charge on any atom is 0.573 e. The molecule has 4 nitrogen and oxygen atoms in total. The number of carbonyl (C=O) groups is 1. The number of ether oxygens (including phenoxy) is 1. The molecule has 0 aliphatic carbocycles. The number of rotatable bonds is 3. The Hall–Kier alpha value is -2.61. The minimum Gasteiger partial charge on any atom is -0.478 e. The molecule has 0 unspecified atom stereocenters. The summed E-state index contributed by atoms with van der Waals surface area (Å²) in [7, 11) is 0. The highest BCUT2D eigenvalue weighted by Crippen LogP contribution is 2.32. The van der Waals surface area contributed by atoms with E-state index in [-0.39, 0.29) is 11.3 Å². The molecule has 2 aromatic carbocycles. The summed E-state index contributed by atoms with van der Waals surface area (Å²) >= 11 is 1.26. The first kappa shape index (κ1) is 15.3. The number of hydrogen-bond acceptors (Lipinski definition) is 4. The lowest BCUT2D eigenvalue weighted by atomic mass is 10.2. The normalized spacial score (nSPS) is 11.6. The third-order valence-electron chi connectivity index (χ3n) is 2.97. The Morgan fingerprint density at radius 1 is 1.13 bits per heavy atom. The predicted molar refractivity (Wildman–Crippen MR) is 78.7 cm³/mol. The van der Waals surface area contributed by atoms with Crippen molar-refractivity contribution in [3.8, 4) is 16.3 Å². The number of aromatic nitrogens is 1. The zero-order valence-electron chi connectivity index (χ0n) is 11.3. The second kappa shape index (κ2) is 5.54. The van der Waals surface area contributed by atoms with Gasteiger partial charge in [0.05, 0.1) is 15.8 Å². The van der Waals surface area contributed by atoms with Gasteiger partial charge in [-0.15, -0.1) is 24.5 Å². The van der Waals surface area contributed by atoms with Crippen molar-refractivity contribution in [3.05, 3.63) is 48.0 Å². The second-order valence-electron chi connectivity index (χ2n) is 4.58. The van der Waals surface area contributed by atoms with Crippen molar-refractivity contribution >= 4 is 27.5 Å². The first-order valence-corrected chi connectivity index (χ1v) is 7.13. The zero-order chi connectivity index (χ0) is 16.6. The van der Waals surface area contributed by atoms with Crippen molar-refractivity contribution in [1.82, 2.24) is 4.98 Å². The van der Waals surface area contributed by atoms with E-state index in [1.165, 1.54) is 47.7 Å². The van der Waals surface area contributed by atoms with E-state index in [9.17, 15) is 18.0 Å². The Bertz CT molecular complexity index is 872. The smallest absolute Gasteiger partial charge is 0.478 e. The number of thiazole rings is 1. The average Bonchev–Trinajstić information content (AvgIpc) is 2.89. The number of aromatic carboxylic acids is 1. The van der Waals surface area contributed by atoms with Gasteiger partial charge in [0.2, 0.25) is 0 Å². The monoisotopic (exact) mass is 339 g/mol. The van der Waals surface area contributed by atoms with Gasteiger partial charge in [0.15, 0.2) is 0 Å². The van der Waals surface area contributed by atoms with Gasteiger partial charge in [-0.1, -0.05) is 0 Å². The van der Waals surface area contributed by atoms with Crippen LogP contribution in [0.15, 0.2) is 42.5 Å². The SMILES string of the molecule is O=C(O)c1ccc2nc(-c3ccc(OC(F)(F)F)cc3)sc2c1. The van der Waals surface area contributed by atoms with Crippen molar-refractivity contribution in [2.75, 3.05) is 0 Å². The Morgan fingerprint density at radius 2 is 1.83 bits per heavy atom. The maximum absolute atomic E-state index is 12.1. The van der Waals surface area contributed by atoms with Gasteiger partial charge in [-0.25, -0.2) is 9.78 Å². The van der Waals surface area contributed by atoms with E-state index >= 15 is 0 Å². The molecule has 1 N–H and O–H groups in total. The molecular formula is C15H8F3NO3S. The predicted octanol–water partition coefficient (Wildman–Crippen LogP) is 4.56. The molecule has 8 heteroatoms. The molecule has 0 aliphatic heterocycles. The largest absolute Gasteiger partial charge is 0.573 e. The summed E-state index contributed by atoms with van der Waals surface area (Å²) in [5.74, 6) is -1.34. The lowest BCUT2D eigenvalue weighted by Crippen LogP contribution is -2.16. The fourth-order valence-corrected chi connectivity index (χ4v) is 2.99. The Labute approximate surface area is 131 Å². The molecule has 0 bridgehead atoms. The van der Waals surface area contributed by atoms with E-state index in [2.05, 4.69) is 9.72 Å². The van der Waals surface area contributed by atoms with Crippen LogP contribution in [-0.4, -0.2) is 22.4 Å². The molecule has 0 saturated heterocycles. The van der Waals surface area contributed by atoms with Crippen molar-refractivity contribution < 1.29 is 27.8 Å². The Morgan fingerprint density at radius 3 is 2.43 bits per heavy atom. The molecule has 23 heavy (non-hydrogen) atoms. The van der Waals surface area contributed by atoms with Crippen LogP contribution in [-0.2, 0) is 0 Å². The third-order valence-corrected chi connectivity index (χ3v) is 4.04. The standard InChI is InChI=1S/C15H8F3NO3S/c16-15(17,18)22-10-4-1-8(2-5-10)13-19-11-6-3-9(14(20)21)7-12(11)23-13/h1-7H,(H,20,21). The highest BCUT2D eigenvalue weighted by molar-refractivity contribution is 7.21. The number of nitrogens with zero attached hydrogens (tertiary/aromatic N) is 1. The Balaban J connectivity index is 1.92. The highest BCUT2D eigenvalue weighted by atomic mass is 32.1. The van der Waals surface area contributed by atoms with Crippen LogP contribution in [0.2, 0.25) is 0 Å². The van der Waals surface area contributed by atoms with Gasteiger partial charge < -0.3 is 9.84 Å². The minimum atomic E-state index is -4.73. The molecule has 0 saturated carbocycles. The van der Waals surface area contributed by atoms with Gasteiger partial charge in [-0.3, -0.25) is 0 Å². The lowest BCUT2D eigenvalue weighted by molar-refractivity contribution is -0.274. The quantitative estimate of drug-likeness (QED) is 0.760. The second-order valence-corrected chi connectivity index (χ2v) is 5.61. The summed E-state index contributed by atoms with van der Waals surface area (Å²) in [6.45, 7) is 0. The van der Waals surface area contributed by atoms with Crippen LogP contribution >= 0.6 is 11.3 Å². The minimum absolute atomic E-state index is 0.154. The van der Waals surface area contributed by atoms with E-state index in [1.54, 1.807) is 6.07 Å². The van der Waals surface area contributed by atoms with Gasteiger partial charge in [0.25, 0.3) is 0 Å². The van der Waals surface area contributed by atoms with Gasteiger partial charge in [0.1, 0.15) is 10.8 Å². The maximum atomic E-state index is 12.1. The van der Waals surface area contributed by atoms with Crippen LogP contribution in [0.5, 0.6) is 5.75 Å².